The van der Waals surface area contributed by atoms with Gasteiger partial charge < -0.3 is 15.6 Å². The van der Waals surface area contributed by atoms with E-state index in [1.807, 2.05) is 0 Å². The van der Waals surface area contributed by atoms with Crippen molar-refractivity contribution in [1.29, 1.82) is 5.26 Å². The number of nitrogens with zero attached hydrogens (tertiary/aromatic N) is 2. The van der Waals surface area contributed by atoms with E-state index in [2.05, 4.69) is 9.72 Å². The lowest BCUT2D eigenvalue weighted by Gasteiger charge is -2.12. The molecule has 6 nitrogen and oxygen atoms in total. The standard InChI is InChI=1S/C8H4F3N3O3/c9-8(10,11)17-6-3(7(15)16)1-5(13)14-4(6)2-12/h1H,(H2,13,14)(H,15,16). The number of nitrogen functional groups attached to an aromatic ring is 1. The van der Waals surface area contributed by atoms with E-state index in [0.29, 0.717) is 6.07 Å². The fourth-order valence-corrected chi connectivity index (χ4v) is 1.01. The third-order valence-electron chi connectivity index (χ3n) is 1.55. The highest BCUT2D eigenvalue weighted by molar-refractivity contribution is 5.92. The van der Waals surface area contributed by atoms with E-state index in [0.717, 1.165) is 0 Å². The maximum absolute atomic E-state index is 12.0. The van der Waals surface area contributed by atoms with Crippen molar-refractivity contribution in [2.75, 3.05) is 5.73 Å². The molecule has 0 amide bonds. The summed E-state index contributed by atoms with van der Waals surface area (Å²) in [6.45, 7) is 0. The minimum absolute atomic E-state index is 0.395. The zero-order chi connectivity index (χ0) is 13.2. The molecule has 90 valence electrons. The highest BCUT2D eigenvalue weighted by Crippen LogP contribution is 2.30. The number of pyridine rings is 1. The monoisotopic (exact) mass is 247 g/mol. The first-order valence-corrected chi connectivity index (χ1v) is 3.94. The topological polar surface area (TPSA) is 109 Å². The lowest BCUT2D eigenvalue weighted by Crippen LogP contribution is -2.20. The number of nitrogens with two attached hydrogens (primary N) is 1. The Bertz CT molecular complexity index is 507. The van der Waals surface area contributed by atoms with E-state index in [9.17, 15) is 18.0 Å². The van der Waals surface area contributed by atoms with Crippen molar-refractivity contribution >= 4 is 11.8 Å². The van der Waals surface area contributed by atoms with Crippen LogP contribution in [-0.2, 0) is 0 Å². The van der Waals surface area contributed by atoms with Gasteiger partial charge in [0.15, 0.2) is 11.4 Å². The van der Waals surface area contributed by atoms with Crippen LogP contribution in [0.4, 0.5) is 19.0 Å². The number of halogens is 3. The number of rotatable bonds is 2. The second-order valence-corrected chi connectivity index (χ2v) is 2.74. The summed E-state index contributed by atoms with van der Waals surface area (Å²) in [7, 11) is 0. The Morgan fingerprint density at radius 1 is 1.59 bits per heavy atom. The van der Waals surface area contributed by atoms with Crippen LogP contribution in [0, 0.1) is 11.3 Å². The molecule has 9 heteroatoms. The minimum atomic E-state index is -5.13. The Kier molecular flexibility index (Phi) is 3.08. The van der Waals surface area contributed by atoms with Crippen LogP contribution in [0.5, 0.6) is 5.75 Å². The molecule has 0 aliphatic rings. The number of carbonyl (C=O) groups is 1. The number of nitriles is 1. The summed E-state index contributed by atoms with van der Waals surface area (Å²) >= 11 is 0. The number of aromatic nitrogens is 1. The van der Waals surface area contributed by atoms with Crippen LogP contribution in [0.1, 0.15) is 16.1 Å². The summed E-state index contributed by atoms with van der Waals surface area (Å²) < 4.78 is 39.5. The van der Waals surface area contributed by atoms with Gasteiger partial charge >= 0.3 is 12.3 Å². The van der Waals surface area contributed by atoms with Gasteiger partial charge in [-0.3, -0.25) is 0 Å². The Hall–Kier alpha value is -2.50. The molecular formula is C8H4F3N3O3. The highest BCUT2D eigenvalue weighted by atomic mass is 19.4. The predicted octanol–water partition coefficient (Wildman–Crippen LogP) is 1.13. The van der Waals surface area contributed by atoms with Gasteiger partial charge in [-0.2, -0.15) is 5.26 Å². The van der Waals surface area contributed by atoms with E-state index in [-0.39, 0.29) is 0 Å². The molecule has 1 heterocycles. The number of aromatic carboxylic acids is 1. The minimum Gasteiger partial charge on any atom is -0.478 e. The maximum Gasteiger partial charge on any atom is 0.573 e. The summed E-state index contributed by atoms with van der Waals surface area (Å²) in [4.78, 5) is 13.9. The van der Waals surface area contributed by atoms with E-state index in [1.165, 1.54) is 6.07 Å². The predicted molar refractivity (Wildman–Crippen MR) is 47.0 cm³/mol. The number of ether oxygens (including phenoxy) is 1. The van der Waals surface area contributed by atoms with Crippen LogP contribution < -0.4 is 10.5 Å². The zero-order valence-electron chi connectivity index (χ0n) is 7.95. The molecule has 0 spiro atoms. The molecule has 1 rings (SSSR count). The Morgan fingerprint density at radius 3 is 2.59 bits per heavy atom. The van der Waals surface area contributed by atoms with Crippen LogP contribution in [0.2, 0.25) is 0 Å². The van der Waals surface area contributed by atoms with Crippen LogP contribution >= 0.6 is 0 Å². The summed E-state index contributed by atoms with van der Waals surface area (Å²) in [5.74, 6) is -3.29. The molecule has 0 atom stereocenters. The van der Waals surface area contributed by atoms with Crippen molar-refractivity contribution in [3.8, 4) is 11.8 Å². The molecule has 0 saturated heterocycles. The third-order valence-corrected chi connectivity index (χ3v) is 1.55. The molecule has 17 heavy (non-hydrogen) atoms. The van der Waals surface area contributed by atoms with Gasteiger partial charge in [-0.15, -0.1) is 13.2 Å². The van der Waals surface area contributed by atoms with Crippen molar-refractivity contribution in [2.45, 2.75) is 6.36 Å². The third kappa shape index (κ3) is 2.97. The molecule has 1 aromatic heterocycles. The van der Waals surface area contributed by atoms with Gasteiger partial charge in [0.2, 0.25) is 0 Å². The van der Waals surface area contributed by atoms with Crippen LogP contribution in [0.3, 0.4) is 0 Å². The number of carboxylic acids is 1. The number of hydrogen-bond donors (Lipinski definition) is 2. The van der Waals surface area contributed by atoms with Gasteiger partial charge in [0.05, 0.1) is 0 Å². The molecule has 0 aromatic carbocycles. The van der Waals surface area contributed by atoms with Crippen molar-refractivity contribution in [3.05, 3.63) is 17.3 Å². The van der Waals surface area contributed by atoms with Crippen molar-refractivity contribution in [2.24, 2.45) is 0 Å². The van der Waals surface area contributed by atoms with Crippen molar-refractivity contribution in [1.82, 2.24) is 4.98 Å². The Balaban J connectivity index is 3.44. The summed E-state index contributed by atoms with van der Waals surface area (Å²) in [5, 5.41) is 17.2. The number of anilines is 1. The summed E-state index contributed by atoms with van der Waals surface area (Å²) in [6, 6.07) is 1.95. The molecule has 0 fully saturated rings. The summed E-state index contributed by atoms with van der Waals surface area (Å²) in [5.41, 5.74) is 3.41. The maximum atomic E-state index is 12.0. The highest BCUT2D eigenvalue weighted by Gasteiger charge is 2.35. The Morgan fingerprint density at radius 2 is 2.18 bits per heavy atom. The largest absolute Gasteiger partial charge is 0.573 e. The second-order valence-electron chi connectivity index (χ2n) is 2.74. The van der Waals surface area contributed by atoms with Gasteiger partial charge in [-0.1, -0.05) is 0 Å². The van der Waals surface area contributed by atoms with Gasteiger partial charge in [-0.25, -0.2) is 9.78 Å². The molecule has 0 radical (unpaired) electrons. The molecule has 3 N–H and O–H groups in total. The molecular weight excluding hydrogens is 243 g/mol. The van der Waals surface area contributed by atoms with Crippen LogP contribution in [-0.4, -0.2) is 22.4 Å². The van der Waals surface area contributed by atoms with Crippen LogP contribution in [0.15, 0.2) is 6.07 Å². The molecule has 0 bridgehead atoms. The SMILES string of the molecule is N#Cc1nc(N)cc(C(=O)O)c1OC(F)(F)F. The molecule has 0 saturated carbocycles. The van der Waals surface area contributed by atoms with Gasteiger partial charge in [-0.05, 0) is 6.07 Å². The first kappa shape index (κ1) is 12.6. The van der Waals surface area contributed by atoms with Crippen molar-refractivity contribution < 1.29 is 27.8 Å². The number of alkyl halides is 3. The second kappa shape index (κ2) is 4.17. The van der Waals surface area contributed by atoms with E-state index in [4.69, 9.17) is 16.1 Å². The molecule has 0 aliphatic heterocycles. The fourth-order valence-electron chi connectivity index (χ4n) is 1.01. The summed E-state index contributed by atoms with van der Waals surface area (Å²) in [6.07, 6.45) is -5.13. The van der Waals surface area contributed by atoms with Gasteiger partial charge in [0, 0.05) is 0 Å². The lowest BCUT2D eigenvalue weighted by atomic mass is 10.2. The van der Waals surface area contributed by atoms with E-state index in [1.54, 1.807) is 0 Å². The quantitative estimate of drug-likeness (QED) is 0.810. The molecule has 0 aliphatic carbocycles. The first-order chi connectivity index (χ1) is 7.74. The molecule has 0 unspecified atom stereocenters. The van der Waals surface area contributed by atoms with E-state index < -0.39 is 35.2 Å². The van der Waals surface area contributed by atoms with Crippen LogP contribution in [0.25, 0.3) is 0 Å². The Labute approximate surface area is 92.0 Å². The van der Waals surface area contributed by atoms with Crippen molar-refractivity contribution in [3.63, 3.8) is 0 Å². The number of carboxylic acid groups (broad SMARTS) is 1. The van der Waals surface area contributed by atoms with Gasteiger partial charge in [0.25, 0.3) is 0 Å². The average molecular weight is 247 g/mol. The molecule has 1 aromatic rings. The smallest absolute Gasteiger partial charge is 0.478 e. The van der Waals surface area contributed by atoms with Gasteiger partial charge in [0.1, 0.15) is 17.5 Å². The average Bonchev–Trinajstić information content (AvgIpc) is 2.17. The first-order valence-electron chi connectivity index (χ1n) is 3.94. The lowest BCUT2D eigenvalue weighted by molar-refractivity contribution is -0.274. The zero-order valence-corrected chi connectivity index (χ0v) is 7.95. The number of hydrogen-bond acceptors (Lipinski definition) is 5. The van der Waals surface area contributed by atoms with E-state index >= 15 is 0 Å². The normalized spacial score (nSPS) is 10.7. The fraction of sp³-hybridized carbons (Fsp3) is 0.125.